The van der Waals surface area contributed by atoms with Gasteiger partial charge in [0, 0.05) is 10.5 Å². The van der Waals surface area contributed by atoms with E-state index in [0.29, 0.717) is 6.04 Å². The molecule has 1 aromatic rings. The second-order valence-corrected chi connectivity index (χ2v) is 4.27. The highest BCUT2D eigenvalue weighted by atomic mass is 79.9. The van der Waals surface area contributed by atoms with Crippen LogP contribution < -0.4 is 5.32 Å². The molecular formula is C10H11BrFN. The Labute approximate surface area is 85.5 Å². The molecule has 70 valence electrons. The maximum absolute atomic E-state index is 13.0. The van der Waals surface area contributed by atoms with Crippen molar-refractivity contribution in [2.75, 3.05) is 6.54 Å². The van der Waals surface area contributed by atoms with Gasteiger partial charge in [-0.1, -0.05) is 15.9 Å². The lowest BCUT2D eigenvalue weighted by atomic mass is 10.1. The zero-order valence-electron chi connectivity index (χ0n) is 7.19. The molecule has 0 bridgehead atoms. The van der Waals surface area contributed by atoms with Gasteiger partial charge in [0.2, 0.25) is 0 Å². The monoisotopic (exact) mass is 243 g/mol. The minimum Gasteiger partial charge on any atom is -0.310 e. The van der Waals surface area contributed by atoms with E-state index in [2.05, 4.69) is 21.2 Å². The number of nitrogens with one attached hydrogen (secondary N) is 1. The van der Waals surface area contributed by atoms with E-state index < -0.39 is 0 Å². The summed E-state index contributed by atoms with van der Waals surface area (Å²) in [5, 5.41) is 3.34. The Balaban J connectivity index is 2.28. The molecule has 13 heavy (non-hydrogen) atoms. The van der Waals surface area contributed by atoms with Crippen LogP contribution in [-0.2, 0) is 0 Å². The highest BCUT2D eigenvalue weighted by Crippen LogP contribution is 2.26. The van der Waals surface area contributed by atoms with Crippen molar-refractivity contribution in [3.63, 3.8) is 0 Å². The molecule has 3 heteroatoms. The summed E-state index contributed by atoms with van der Waals surface area (Å²) in [4.78, 5) is 0. The van der Waals surface area contributed by atoms with Gasteiger partial charge in [-0.25, -0.2) is 4.39 Å². The molecule has 1 heterocycles. The van der Waals surface area contributed by atoms with Crippen molar-refractivity contribution in [2.45, 2.75) is 18.9 Å². The predicted molar refractivity (Wildman–Crippen MR) is 54.1 cm³/mol. The average molecular weight is 244 g/mol. The van der Waals surface area contributed by atoms with E-state index in [1.54, 1.807) is 6.07 Å². The smallest absolute Gasteiger partial charge is 0.124 e. The summed E-state index contributed by atoms with van der Waals surface area (Å²) >= 11 is 3.29. The van der Waals surface area contributed by atoms with E-state index >= 15 is 0 Å². The lowest BCUT2D eigenvalue weighted by Gasteiger charge is -2.10. The first kappa shape index (κ1) is 9.16. The Morgan fingerprint density at radius 1 is 1.38 bits per heavy atom. The van der Waals surface area contributed by atoms with E-state index in [1.165, 1.54) is 12.5 Å². The Bertz CT molecular complexity index is 288. The standard InChI is InChI=1S/C10H11BrFN/c11-8-4-7(5-9(12)6-8)10-2-1-3-13-10/h4-6,10,13H,1-3H2. The highest BCUT2D eigenvalue weighted by molar-refractivity contribution is 9.10. The first-order chi connectivity index (χ1) is 6.25. The number of rotatable bonds is 1. The summed E-state index contributed by atoms with van der Waals surface area (Å²) in [5.41, 5.74) is 1.05. The van der Waals surface area contributed by atoms with E-state index in [4.69, 9.17) is 0 Å². The second-order valence-electron chi connectivity index (χ2n) is 3.35. The fourth-order valence-corrected chi connectivity index (χ4v) is 2.23. The van der Waals surface area contributed by atoms with Gasteiger partial charge in [0.15, 0.2) is 0 Å². The quantitative estimate of drug-likeness (QED) is 0.800. The Hall–Kier alpha value is -0.410. The molecule has 0 saturated carbocycles. The van der Waals surface area contributed by atoms with Gasteiger partial charge < -0.3 is 5.32 Å². The molecule has 1 aliphatic rings. The van der Waals surface area contributed by atoms with Crippen LogP contribution in [0, 0.1) is 5.82 Å². The fraction of sp³-hybridized carbons (Fsp3) is 0.400. The van der Waals surface area contributed by atoms with Crippen LogP contribution in [0.4, 0.5) is 4.39 Å². The summed E-state index contributed by atoms with van der Waals surface area (Å²) in [6, 6.07) is 5.41. The van der Waals surface area contributed by atoms with Crippen molar-refractivity contribution < 1.29 is 4.39 Å². The molecule has 1 aliphatic heterocycles. The lowest BCUT2D eigenvalue weighted by Crippen LogP contribution is -2.12. The lowest BCUT2D eigenvalue weighted by molar-refractivity contribution is 0.605. The van der Waals surface area contributed by atoms with Crippen molar-refractivity contribution in [2.24, 2.45) is 0 Å². The first-order valence-electron chi connectivity index (χ1n) is 4.45. The zero-order chi connectivity index (χ0) is 9.26. The summed E-state index contributed by atoms with van der Waals surface area (Å²) in [6.07, 6.45) is 2.29. The molecule has 0 aliphatic carbocycles. The van der Waals surface area contributed by atoms with Gasteiger partial charge >= 0.3 is 0 Å². The van der Waals surface area contributed by atoms with Gasteiger partial charge in [0.1, 0.15) is 5.82 Å². The first-order valence-corrected chi connectivity index (χ1v) is 5.24. The van der Waals surface area contributed by atoms with E-state index in [9.17, 15) is 4.39 Å². The van der Waals surface area contributed by atoms with Crippen LogP contribution in [0.2, 0.25) is 0 Å². The van der Waals surface area contributed by atoms with Crippen LogP contribution in [0.25, 0.3) is 0 Å². The third-order valence-electron chi connectivity index (χ3n) is 2.35. The van der Waals surface area contributed by atoms with Crippen LogP contribution in [0.1, 0.15) is 24.4 Å². The molecular weight excluding hydrogens is 233 g/mol. The van der Waals surface area contributed by atoms with Crippen LogP contribution in [-0.4, -0.2) is 6.54 Å². The van der Waals surface area contributed by atoms with E-state index in [-0.39, 0.29) is 5.82 Å². The SMILES string of the molecule is Fc1cc(Br)cc(C2CCCN2)c1. The molecule has 1 atom stereocenters. The molecule has 0 spiro atoms. The topological polar surface area (TPSA) is 12.0 Å². The molecule has 0 amide bonds. The van der Waals surface area contributed by atoms with Gasteiger partial charge in [-0.05, 0) is 43.1 Å². The third kappa shape index (κ3) is 2.09. The van der Waals surface area contributed by atoms with Gasteiger partial charge in [0.05, 0.1) is 0 Å². The summed E-state index contributed by atoms with van der Waals surface area (Å²) in [5.74, 6) is -0.168. The number of benzene rings is 1. The summed E-state index contributed by atoms with van der Waals surface area (Å²) in [7, 11) is 0. The molecule has 1 nitrogen and oxygen atoms in total. The minimum atomic E-state index is -0.168. The Kier molecular flexibility index (Phi) is 2.65. The van der Waals surface area contributed by atoms with Gasteiger partial charge in [-0.2, -0.15) is 0 Å². The maximum Gasteiger partial charge on any atom is 0.124 e. The Morgan fingerprint density at radius 2 is 2.23 bits per heavy atom. The molecule has 1 fully saturated rings. The van der Waals surface area contributed by atoms with Crippen molar-refractivity contribution in [3.8, 4) is 0 Å². The molecule has 0 aromatic heterocycles. The van der Waals surface area contributed by atoms with Crippen LogP contribution in [0.15, 0.2) is 22.7 Å². The number of hydrogen-bond acceptors (Lipinski definition) is 1. The maximum atomic E-state index is 13.0. The van der Waals surface area contributed by atoms with Crippen molar-refractivity contribution in [3.05, 3.63) is 34.1 Å². The largest absolute Gasteiger partial charge is 0.310 e. The van der Waals surface area contributed by atoms with Gasteiger partial charge in [-0.15, -0.1) is 0 Å². The van der Waals surface area contributed by atoms with E-state index in [0.717, 1.165) is 23.0 Å². The molecule has 1 unspecified atom stereocenters. The average Bonchev–Trinajstić information content (AvgIpc) is 2.53. The number of hydrogen-bond donors (Lipinski definition) is 1. The van der Waals surface area contributed by atoms with Crippen molar-refractivity contribution >= 4 is 15.9 Å². The molecule has 2 rings (SSSR count). The summed E-state index contributed by atoms with van der Waals surface area (Å²) in [6.45, 7) is 1.04. The normalized spacial score (nSPS) is 22.2. The van der Waals surface area contributed by atoms with Crippen LogP contribution in [0.3, 0.4) is 0 Å². The molecule has 1 N–H and O–H groups in total. The summed E-state index contributed by atoms with van der Waals surface area (Å²) < 4.78 is 13.8. The van der Waals surface area contributed by atoms with Gasteiger partial charge in [0.25, 0.3) is 0 Å². The van der Waals surface area contributed by atoms with E-state index in [1.807, 2.05) is 6.07 Å². The predicted octanol–water partition coefficient (Wildman–Crippen LogP) is 3.01. The van der Waals surface area contributed by atoms with Crippen molar-refractivity contribution in [1.82, 2.24) is 5.32 Å². The Morgan fingerprint density at radius 3 is 2.85 bits per heavy atom. The molecule has 1 saturated heterocycles. The molecule has 0 radical (unpaired) electrons. The highest BCUT2D eigenvalue weighted by Gasteiger charge is 2.16. The third-order valence-corrected chi connectivity index (χ3v) is 2.81. The molecule has 1 aromatic carbocycles. The zero-order valence-corrected chi connectivity index (χ0v) is 8.77. The van der Waals surface area contributed by atoms with Crippen LogP contribution >= 0.6 is 15.9 Å². The minimum absolute atomic E-state index is 0.168. The fourth-order valence-electron chi connectivity index (χ4n) is 1.75. The van der Waals surface area contributed by atoms with Crippen LogP contribution in [0.5, 0.6) is 0 Å². The number of halogens is 2. The second kappa shape index (κ2) is 3.76. The van der Waals surface area contributed by atoms with Gasteiger partial charge in [-0.3, -0.25) is 0 Å². The van der Waals surface area contributed by atoms with Crippen molar-refractivity contribution in [1.29, 1.82) is 0 Å².